The van der Waals surface area contributed by atoms with Gasteiger partial charge in [-0.25, -0.2) is 0 Å². The van der Waals surface area contributed by atoms with E-state index >= 15 is 0 Å². The Morgan fingerprint density at radius 3 is 3.13 bits per heavy atom. The fraction of sp³-hybridized carbons (Fsp3) is 0.500. The molecule has 0 spiro atoms. The average molecular weight is 290 g/mol. The number of hydrogen-bond donors (Lipinski definition) is 1. The number of carboxylic acids is 1. The number of nitrogens with zero attached hydrogens (tertiary/aromatic N) is 1. The summed E-state index contributed by atoms with van der Waals surface area (Å²) in [5.74, 6) is -0.694. The zero-order valence-electron chi connectivity index (χ0n) is 8.15. The van der Waals surface area contributed by atoms with Crippen molar-refractivity contribution in [2.45, 2.75) is 25.4 Å². The molecule has 0 saturated carbocycles. The predicted octanol–water partition coefficient (Wildman–Crippen LogP) is 2.56. The Kier molecular flexibility index (Phi) is 3.43. The van der Waals surface area contributed by atoms with Crippen LogP contribution < -0.4 is 0 Å². The van der Waals surface area contributed by atoms with Crippen LogP contribution >= 0.6 is 27.3 Å². The number of aliphatic carboxylic acids is 1. The first-order chi connectivity index (χ1) is 7.18. The van der Waals surface area contributed by atoms with Gasteiger partial charge in [0.15, 0.2) is 0 Å². The molecule has 3 nitrogen and oxygen atoms in total. The third-order valence-electron chi connectivity index (χ3n) is 2.69. The summed E-state index contributed by atoms with van der Waals surface area (Å²) in [6.45, 7) is 1.64. The number of thiophene rings is 1. The summed E-state index contributed by atoms with van der Waals surface area (Å²) in [7, 11) is 0. The fourth-order valence-electron chi connectivity index (χ4n) is 1.92. The second-order valence-corrected chi connectivity index (χ2v) is 5.51. The maximum absolute atomic E-state index is 11.0. The highest BCUT2D eigenvalue weighted by Gasteiger charge is 2.30. The molecule has 1 aromatic rings. The molecule has 1 aliphatic heterocycles. The molecule has 2 rings (SSSR count). The molecule has 82 valence electrons. The van der Waals surface area contributed by atoms with Crippen molar-refractivity contribution < 1.29 is 9.90 Å². The highest BCUT2D eigenvalue weighted by Crippen LogP contribution is 2.27. The van der Waals surface area contributed by atoms with Gasteiger partial charge in [0.05, 0.1) is 0 Å². The number of hydrogen-bond acceptors (Lipinski definition) is 3. The minimum Gasteiger partial charge on any atom is -0.480 e. The van der Waals surface area contributed by atoms with E-state index in [1.165, 1.54) is 4.88 Å². The second kappa shape index (κ2) is 4.63. The summed E-state index contributed by atoms with van der Waals surface area (Å²) < 4.78 is 1.09. The Hall–Kier alpha value is -0.390. The molecule has 0 amide bonds. The minimum absolute atomic E-state index is 0.293. The smallest absolute Gasteiger partial charge is 0.320 e. The van der Waals surface area contributed by atoms with E-state index in [9.17, 15) is 4.79 Å². The first-order valence-electron chi connectivity index (χ1n) is 4.87. The van der Waals surface area contributed by atoms with Gasteiger partial charge >= 0.3 is 5.97 Å². The minimum atomic E-state index is -0.694. The molecule has 1 N–H and O–H groups in total. The van der Waals surface area contributed by atoms with E-state index in [1.54, 1.807) is 11.3 Å². The Balaban J connectivity index is 2.06. The molecule has 15 heavy (non-hydrogen) atoms. The van der Waals surface area contributed by atoms with Crippen LogP contribution in [0, 0.1) is 0 Å². The van der Waals surface area contributed by atoms with Crippen LogP contribution in [0.5, 0.6) is 0 Å². The normalized spacial score (nSPS) is 22.1. The number of carboxylic acid groups (broad SMARTS) is 1. The van der Waals surface area contributed by atoms with Crippen LogP contribution in [0.2, 0.25) is 0 Å². The van der Waals surface area contributed by atoms with Crippen LogP contribution in [-0.2, 0) is 11.3 Å². The summed E-state index contributed by atoms with van der Waals surface area (Å²) in [5, 5.41) is 11.1. The van der Waals surface area contributed by atoms with Gasteiger partial charge in [0, 0.05) is 15.9 Å². The maximum atomic E-state index is 11.0. The van der Waals surface area contributed by atoms with Crippen molar-refractivity contribution >= 4 is 33.2 Å². The molecule has 1 fully saturated rings. The van der Waals surface area contributed by atoms with Gasteiger partial charge in [0.25, 0.3) is 0 Å². The zero-order chi connectivity index (χ0) is 10.8. The molecular weight excluding hydrogens is 278 g/mol. The maximum Gasteiger partial charge on any atom is 0.320 e. The third kappa shape index (κ3) is 2.41. The molecular formula is C10H12BrNO2S. The van der Waals surface area contributed by atoms with Crippen molar-refractivity contribution in [3.63, 3.8) is 0 Å². The lowest BCUT2D eigenvalue weighted by molar-refractivity contribution is -0.142. The lowest BCUT2D eigenvalue weighted by Crippen LogP contribution is -2.35. The van der Waals surface area contributed by atoms with E-state index in [0.29, 0.717) is 0 Å². The Morgan fingerprint density at radius 1 is 1.73 bits per heavy atom. The van der Waals surface area contributed by atoms with E-state index in [1.807, 2.05) is 16.3 Å². The van der Waals surface area contributed by atoms with Gasteiger partial charge < -0.3 is 5.11 Å². The molecule has 0 aromatic carbocycles. The van der Waals surface area contributed by atoms with E-state index < -0.39 is 5.97 Å². The largest absolute Gasteiger partial charge is 0.480 e. The van der Waals surface area contributed by atoms with E-state index in [4.69, 9.17) is 5.11 Å². The average Bonchev–Trinajstić information content (AvgIpc) is 2.77. The molecule has 1 aliphatic rings. The van der Waals surface area contributed by atoms with Crippen LogP contribution in [-0.4, -0.2) is 28.6 Å². The predicted molar refractivity (Wildman–Crippen MR) is 63.1 cm³/mol. The highest BCUT2D eigenvalue weighted by molar-refractivity contribution is 9.10. The van der Waals surface area contributed by atoms with Crippen molar-refractivity contribution in [3.05, 3.63) is 20.8 Å². The van der Waals surface area contributed by atoms with E-state index in [-0.39, 0.29) is 6.04 Å². The molecule has 1 aromatic heterocycles. The highest BCUT2D eigenvalue weighted by atomic mass is 79.9. The lowest BCUT2D eigenvalue weighted by atomic mass is 10.2. The number of likely N-dealkylation sites (tertiary alicyclic amines) is 1. The topological polar surface area (TPSA) is 40.5 Å². The summed E-state index contributed by atoms with van der Waals surface area (Å²) in [5.41, 5.74) is 0. The Labute approximate surface area is 101 Å². The fourth-order valence-corrected chi connectivity index (χ4v) is 3.42. The van der Waals surface area contributed by atoms with Crippen LogP contribution in [0.25, 0.3) is 0 Å². The van der Waals surface area contributed by atoms with Crippen molar-refractivity contribution in [1.82, 2.24) is 4.90 Å². The van der Waals surface area contributed by atoms with Crippen molar-refractivity contribution in [3.8, 4) is 0 Å². The van der Waals surface area contributed by atoms with Gasteiger partial charge in [-0.15, -0.1) is 11.3 Å². The Morgan fingerprint density at radius 2 is 2.53 bits per heavy atom. The van der Waals surface area contributed by atoms with Crippen molar-refractivity contribution in [2.75, 3.05) is 6.54 Å². The van der Waals surface area contributed by atoms with Gasteiger partial charge in [-0.2, -0.15) is 0 Å². The van der Waals surface area contributed by atoms with Crippen molar-refractivity contribution in [1.29, 1.82) is 0 Å². The standard InChI is InChI=1S/C10H12BrNO2S/c11-7-3-5-15-9(7)6-12-4-1-2-8(12)10(13)14/h3,5,8H,1-2,4,6H2,(H,13,14)/t8-/m0/s1. The first kappa shape index (κ1) is 11.1. The van der Waals surface area contributed by atoms with Gasteiger partial charge in [-0.05, 0) is 46.8 Å². The SMILES string of the molecule is O=C(O)[C@@H]1CCCN1Cc1sccc1Br. The Bertz CT molecular complexity index is 366. The van der Waals surface area contributed by atoms with Gasteiger partial charge in [-0.1, -0.05) is 0 Å². The molecule has 1 saturated heterocycles. The summed E-state index contributed by atoms with van der Waals surface area (Å²) >= 11 is 5.14. The molecule has 2 heterocycles. The van der Waals surface area contributed by atoms with E-state index in [2.05, 4.69) is 15.9 Å². The van der Waals surface area contributed by atoms with Crippen LogP contribution in [0.3, 0.4) is 0 Å². The van der Waals surface area contributed by atoms with Crippen molar-refractivity contribution in [2.24, 2.45) is 0 Å². The lowest BCUT2D eigenvalue weighted by Gasteiger charge is -2.20. The summed E-state index contributed by atoms with van der Waals surface area (Å²) in [4.78, 5) is 14.2. The van der Waals surface area contributed by atoms with Gasteiger partial charge in [0.2, 0.25) is 0 Å². The monoisotopic (exact) mass is 289 g/mol. The number of rotatable bonds is 3. The zero-order valence-corrected chi connectivity index (χ0v) is 10.6. The van der Waals surface area contributed by atoms with Gasteiger partial charge in [0.1, 0.15) is 6.04 Å². The van der Waals surface area contributed by atoms with Gasteiger partial charge in [-0.3, -0.25) is 9.69 Å². The van der Waals surface area contributed by atoms with Crippen LogP contribution in [0.15, 0.2) is 15.9 Å². The van der Waals surface area contributed by atoms with Crippen LogP contribution in [0.1, 0.15) is 17.7 Å². The molecule has 0 aliphatic carbocycles. The number of carbonyl (C=O) groups is 1. The second-order valence-electron chi connectivity index (χ2n) is 3.66. The molecule has 0 radical (unpaired) electrons. The molecule has 0 unspecified atom stereocenters. The molecule has 0 bridgehead atoms. The molecule has 1 atom stereocenters. The van der Waals surface area contributed by atoms with Crippen LogP contribution in [0.4, 0.5) is 0 Å². The summed E-state index contributed by atoms with van der Waals surface area (Å²) in [6, 6.07) is 1.71. The quantitative estimate of drug-likeness (QED) is 0.930. The van der Waals surface area contributed by atoms with E-state index in [0.717, 1.165) is 30.4 Å². The summed E-state index contributed by atoms with van der Waals surface area (Å²) in [6.07, 6.45) is 1.76. The first-order valence-corrected chi connectivity index (χ1v) is 6.54. The molecule has 5 heteroatoms. The third-order valence-corrected chi connectivity index (χ3v) is 4.60. The number of halogens is 1.